The van der Waals surface area contributed by atoms with E-state index in [0.29, 0.717) is 0 Å². The van der Waals surface area contributed by atoms with E-state index < -0.39 is 0 Å². The summed E-state index contributed by atoms with van der Waals surface area (Å²) in [6.45, 7) is 22.0. The van der Waals surface area contributed by atoms with Gasteiger partial charge in [-0.05, 0) is 59.2 Å². The van der Waals surface area contributed by atoms with Gasteiger partial charge >= 0.3 is 0 Å². The molecule has 1 saturated heterocycles. The molecule has 0 aromatic heterocycles. The molecule has 0 aromatic rings. The molecule has 0 aromatic carbocycles. The molecule has 0 nitrogen and oxygen atoms in total. The molecule has 0 bridgehead atoms. The summed E-state index contributed by atoms with van der Waals surface area (Å²) in [5.74, 6) is 14.7. The van der Waals surface area contributed by atoms with E-state index in [2.05, 4.69) is 69.2 Å². The minimum Gasteiger partial charge on any atom is -0.0579 e. The molecule has 3 fully saturated rings. The van der Waals surface area contributed by atoms with Crippen LogP contribution in [0.3, 0.4) is 0 Å². The summed E-state index contributed by atoms with van der Waals surface area (Å²) < 4.78 is 0. The maximum absolute atomic E-state index is 2.20. The summed E-state index contributed by atoms with van der Waals surface area (Å²) in [6.07, 6.45) is 0. The molecule has 0 atom stereocenters. The first-order chi connectivity index (χ1) is 12.1. The zero-order chi connectivity index (χ0) is 20.0. The molecular weight excluding hydrogens is 528 g/mol. The summed E-state index contributed by atoms with van der Waals surface area (Å²) in [6, 6.07) is 0. The van der Waals surface area contributed by atoms with E-state index in [1.54, 1.807) is 47.7 Å². The van der Waals surface area contributed by atoms with Gasteiger partial charge in [0.1, 0.15) is 0 Å². The average Bonchev–Trinajstić information content (AvgIpc) is 2.94. The van der Waals surface area contributed by atoms with E-state index in [1.165, 1.54) is 59.2 Å². The first-order valence-corrected chi connectivity index (χ1v) is 18.3. The molecule has 0 unspecified atom stereocenters. The maximum Gasteiger partial charge on any atom is 0 e. The smallest absolute Gasteiger partial charge is 0 e. The van der Waals surface area contributed by atoms with Crippen molar-refractivity contribution in [2.75, 3.05) is 0 Å². The van der Waals surface area contributed by atoms with Crippen LogP contribution in [0, 0.1) is 59.2 Å². The molecule has 1 aliphatic heterocycles. The molecule has 1 heterocycles. The number of rotatable bonds is 0. The largest absolute Gasteiger partial charge is 0.0579 e. The predicted octanol–water partition coefficient (Wildman–Crippen LogP) is 11.1. The van der Waals surface area contributed by atoms with Crippen molar-refractivity contribution < 1.29 is 37.1 Å². The summed E-state index contributed by atoms with van der Waals surface area (Å²) in [7, 11) is 9.67. The van der Waals surface area contributed by atoms with Crippen LogP contribution in [0.2, 0.25) is 0 Å². The van der Waals surface area contributed by atoms with Gasteiger partial charge in [0.2, 0.25) is 0 Å². The van der Waals surface area contributed by atoms with Crippen LogP contribution in [0.15, 0.2) is 0 Å². The van der Waals surface area contributed by atoms with Gasteiger partial charge in [-0.2, -0.15) is 0 Å². The summed E-state index contributed by atoms with van der Waals surface area (Å²) >= 11 is 0. The van der Waals surface area contributed by atoms with Crippen LogP contribution < -0.4 is 0 Å². The molecule has 150 valence electrons. The molecular formula is C20H30P6V2. The van der Waals surface area contributed by atoms with Gasteiger partial charge in [-0.1, -0.05) is 69.2 Å². The Balaban J connectivity index is 0. The SMILES string of the molecule is C[C]1[C](C)[C](C)[C](C)[C]1C.C[C]1[C](C)[C](C)[C](C)[C]1C.[P]1[P][P][P][P][P]1.[V].[V]. The minimum absolute atomic E-state index is 0. The molecule has 18 radical (unpaired) electrons. The number of hydrogen-bond acceptors (Lipinski definition) is 0. The number of hydrogen-bond donors (Lipinski definition) is 0. The summed E-state index contributed by atoms with van der Waals surface area (Å²) in [5.41, 5.74) is 0. The van der Waals surface area contributed by atoms with Crippen LogP contribution in [0.5, 0.6) is 0 Å². The van der Waals surface area contributed by atoms with Gasteiger partial charge < -0.3 is 0 Å². The third-order valence-corrected chi connectivity index (χ3v) is 25.1. The van der Waals surface area contributed by atoms with Gasteiger partial charge in [0.05, 0.1) is 0 Å². The summed E-state index contributed by atoms with van der Waals surface area (Å²) in [5, 5.41) is 0. The molecule has 0 amide bonds. The fraction of sp³-hybridized carbons (Fsp3) is 0.500. The van der Waals surface area contributed by atoms with Crippen molar-refractivity contribution >= 4 is 47.7 Å². The van der Waals surface area contributed by atoms with Crippen LogP contribution in [-0.4, -0.2) is 0 Å². The van der Waals surface area contributed by atoms with Crippen LogP contribution >= 0.6 is 47.7 Å². The fourth-order valence-electron chi connectivity index (χ4n) is 2.92. The molecule has 0 N–H and O–H groups in total. The van der Waals surface area contributed by atoms with Crippen molar-refractivity contribution in [1.82, 2.24) is 0 Å². The quantitative estimate of drug-likeness (QED) is 0.260. The third kappa shape index (κ3) is 9.93. The molecule has 2 saturated carbocycles. The van der Waals surface area contributed by atoms with Gasteiger partial charge in [-0.25, -0.2) is 0 Å². The van der Waals surface area contributed by atoms with Crippen molar-refractivity contribution in [3.05, 3.63) is 59.2 Å². The van der Waals surface area contributed by atoms with E-state index >= 15 is 0 Å². The van der Waals surface area contributed by atoms with Crippen LogP contribution in [0.4, 0.5) is 0 Å². The molecule has 3 aliphatic rings. The second-order valence-corrected chi connectivity index (χ2v) is 20.7. The molecule has 0 spiro atoms. The third-order valence-electron chi connectivity index (χ3n) is 5.87. The Bertz CT molecular complexity index is 268. The Hall–Kier alpha value is 3.75. The van der Waals surface area contributed by atoms with Crippen molar-refractivity contribution in [3.63, 3.8) is 0 Å². The second-order valence-electron chi connectivity index (χ2n) is 6.79. The minimum atomic E-state index is 0. The van der Waals surface area contributed by atoms with E-state index in [-0.39, 0.29) is 37.1 Å². The van der Waals surface area contributed by atoms with Crippen LogP contribution in [-0.2, 0) is 37.1 Å². The maximum atomic E-state index is 2.20. The normalized spacial score (nSPS) is 30.6. The Labute approximate surface area is 212 Å². The second kappa shape index (κ2) is 17.2. The van der Waals surface area contributed by atoms with Crippen molar-refractivity contribution in [3.8, 4) is 0 Å². The van der Waals surface area contributed by atoms with Gasteiger partial charge in [0.15, 0.2) is 0 Å². The van der Waals surface area contributed by atoms with Crippen LogP contribution in [0.1, 0.15) is 69.2 Å². The topological polar surface area (TPSA) is 0 Å². The Morgan fingerprint density at radius 3 is 0.393 bits per heavy atom. The zero-order valence-corrected chi connectivity index (χ0v) is 26.7. The molecule has 3 rings (SSSR count). The van der Waals surface area contributed by atoms with Crippen molar-refractivity contribution in [2.45, 2.75) is 69.2 Å². The fourth-order valence-corrected chi connectivity index (χ4v) is 28.9. The molecule has 8 heteroatoms. The van der Waals surface area contributed by atoms with E-state index in [4.69, 9.17) is 0 Å². The predicted molar refractivity (Wildman–Crippen MR) is 131 cm³/mol. The van der Waals surface area contributed by atoms with Gasteiger partial charge in [0, 0.05) is 84.9 Å². The van der Waals surface area contributed by atoms with E-state index in [9.17, 15) is 0 Å². The average molecular weight is 558 g/mol. The van der Waals surface area contributed by atoms with Crippen molar-refractivity contribution in [1.29, 1.82) is 0 Å². The van der Waals surface area contributed by atoms with E-state index in [0.717, 1.165) is 0 Å². The molecule has 2 aliphatic carbocycles. The Morgan fingerprint density at radius 2 is 0.321 bits per heavy atom. The zero-order valence-electron chi connectivity index (χ0n) is 18.6. The molecule has 28 heavy (non-hydrogen) atoms. The first kappa shape index (κ1) is 33.9. The monoisotopic (exact) mass is 558 g/mol. The van der Waals surface area contributed by atoms with Gasteiger partial charge in [0.25, 0.3) is 0 Å². The van der Waals surface area contributed by atoms with Crippen LogP contribution in [0.25, 0.3) is 0 Å². The summed E-state index contributed by atoms with van der Waals surface area (Å²) in [4.78, 5) is 0. The van der Waals surface area contributed by atoms with Gasteiger partial charge in [-0.15, -0.1) is 0 Å². The van der Waals surface area contributed by atoms with E-state index in [1.807, 2.05) is 0 Å². The Kier molecular flexibility index (Phi) is 20.9. The first-order valence-electron chi connectivity index (χ1n) is 8.70. The van der Waals surface area contributed by atoms with Crippen molar-refractivity contribution in [2.24, 2.45) is 0 Å². The van der Waals surface area contributed by atoms with Gasteiger partial charge in [-0.3, -0.25) is 0 Å². The standard InChI is InChI=1S/2C10H15.P6.2V/c2*1-6-7(2)9(4)10(5)8(6)3;1-2-4-6-5-3-1;;/h2*1-5H3;;;. The Morgan fingerprint density at radius 1 is 0.250 bits per heavy atom.